The van der Waals surface area contributed by atoms with Gasteiger partial charge in [-0.2, -0.15) is 0 Å². The van der Waals surface area contributed by atoms with Crippen molar-refractivity contribution in [2.75, 3.05) is 7.11 Å². The van der Waals surface area contributed by atoms with Crippen molar-refractivity contribution in [2.45, 2.75) is 19.5 Å². The van der Waals surface area contributed by atoms with Crippen LogP contribution in [0.25, 0.3) is 5.65 Å². The standard InChI is InChI=1S/C16H17FN4O/c1-11(16-20-19-15-5-3-4-8-21(15)16)18-10-12-6-7-14(22-2)13(17)9-12/h3-9,11,18H,10H2,1-2H3. The zero-order valence-corrected chi connectivity index (χ0v) is 12.5. The number of hydrogen-bond acceptors (Lipinski definition) is 4. The molecule has 22 heavy (non-hydrogen) atoms. The van der Waals surface area contributed by atoms with Gasteiger partial charge in [-0.1, -0.05) is 12.1 Å². The van der Waals surface area contributed by atoms with Crippen LogP contribution in [0, 0.1) is 5.82 Å². The van der Waals surface area contributed by atoms with E-state index < -0.39 is 0 Å². The van der Waals surface area contributed by atoms with Crippen LogP contribution in [0.5, 0.6) is 5.75 Å². The molecule has 1 aromatic carbocycles. The summed E-state index contributed by atoms with van der Waals surface area (Å²) in [6, 6.07) is 10.7. The van der Waals surface area contributed by atoms with Gasteiger partial charge in [0.2, 0.25) is 0 Å². The summed E-state index contributed by atoms with van der Waals surface area (Å²) in [5, 5.41) is 11.7. The lowest BCUT2D eigenvalue weighted by Crippen LogP contribution is -2.20. The highest BCUT2D eigenvalue weighted by molar-refractivity contribution is 5.37. The molecule has 114 valence electrons. The molecule has 1 N–H and O–H groups in total. The van der Waals surface area contributed by atoms with Crippen molar-refractivity contribution in [3.8, 4) is 5.75 Å². The van der Waals surface area contributed by atoms with Crippen LogP contribution in [0.2, 0.25) is 0 Å². The zero-order valence-electron chi connectivity index (χ0n) is 12.5. The van der Waals surface area contributed by atoms with E-state index in [1.54, 1.807) is 6.07 Å². The lowest BCUT2D eigenvalue weighted by molar-refractivity contribution is 0.386. The Kier molecular flexibility index (Phi) is 4.02. The van der Waals surface area contributed by atoms with Gasteiger partial charge in [0.05, 0.1) is 13.2 Å². The Hall–Kier alpha value is -2.47. The molecule has 0 aliphatic heterocycles. The van der Waals surface area contributed by atoms with Crippen LogP contribution in [0.3, 0.4) is 0 Å². The van der Waals surface area contributed by atoms with Crippen molar-refractivity contribution in [3.63, 3.8) is 0 Å². The molecule has 0 amide bonds. The number of aromatic nitrogens is 3. The maximum Gasteiger partial charge on any atom is 0.165 e. The SMILES string of the molecule is COc1ccc(CNC(C)c2nnc3ccccn23)cc1F. The van der Waals surface area contributed by atoms with E-state index in [2.05, 4.69) is 15.5 Å². The third kappa shape index (κ3) is 2.78. The van der Waals surface area contributed by atoms with Gasteiger partial charge in [-0.25, -0.2) is 4.39 Å². The Labute approximate surface area is 127 Å². The van der Waals surface area contributed by atoms with E-state index >= 15 is 0 Å². The van der Waals surface area contributed by atoms with E-state index in [1.807, 2.05) is 41.8 Å². The number of pyridine rings is 1. The summed E-state index contributed by atoms with van der Waals surface area (Å²) in [5.41, 5.74) is 1.65. The second-order valence-electron chi connectivity index (χ2n) is 5.06. The summed E-state index contributed by atoms with van der Waals surface area (Å²) >= 11 is 0. The van der Waals surface area contributed by atoms with Gasteiger partial charge >= 0.3 is 0 Å². The number of methoxy groups -OCH3 is 1. The summed E-state index contributed by atoms with van der Waals surface area (Å²) in [7, 11) is 1.45. The van der Waals surface area contributed by atoms with Crippen LogP contribution in [0.1, 0.15) is 24.4 Å². The Morgan fingerprint density at radius 2 is 2.14 bits per heavy atom. The minimum atomic E-state index is -0.359. The second kappa shape index (κ2) is 6.11. The van der Waals surface area contributed by atoms with Gasteiger partial charge in [0.1, 0.15) is 0 Å². The summed E-state index contributed by atoms with van der Waals surface area (Å²) in [6.07, 6.45) is 1.93. The quantitative estimate of drug-likeness (QED) is 0.787. The molecule has 0 bridgehead atoms. The first-order valence-corrected chi connectivity index (χ1v) is 7.04. The molecular formula is C16H17FN4O. The topological polar surface area (TPSA) is 51.5 Å². The summed E-state index contributed by atoms with van der Waals surface area (Å²) in [6.45, 7) is 2.53. The molecule has 1 atom stereocenters. The molecule has 3 rings (SSSR count). The second-order valence-corrected chi connectivity index (χ2v) is 5.06. The predicted octanol–water partition coefficient (Wildman–Crippen LogP) is 2.73. The van der Waals surface area contributed by atoms with E-state index in [4.69, 9.17) is 4.74 Å². The molecule has 6 heteroatoms. The van der Waals surface area contributed by atoms with Crippen molar-refractivity contribution < 1.29 is 9.13 Å². The maximum atomic E-state index is 13.7. The first-order chi connectivity index (χ1) is 10.7. The van der Waals surface area contributed by atoms with Crippen molar-refractivity contribution in [1.82, 2.24) is 19.9 Å². The summed E-state index contributed by atoms with van der Waals surface area (Å²) in [4.78, 5) is 0. The molecule has 2 aromatic heterocycles. The van der Waals surface area contributed by atoms with Crippen molar-refractivity contribution >= 4 is 5.65 Å². The fourth-order valence-electron chi connectivity index (χ4n) is 2.34. The average Bonchev–Trinajstić information content (AvgIpc) is 2.97. The van der Waals surface area contributed by atoms with Gasteiger partial charge < -0.3 is 10.1 Å². The molecule has 0 aliphatic rings. The van der Waals surface area contributed by atoms with Crippen LogP contribution in [0.15, 0.2) is 42.6 Å². The van der Waals surface area contributed by atoms with Gasteiger partial charge in [0.15, 0.2) is 23.0 Å². The van der Waals surface area contributed by atoms with Gasteiger partial charge in [0.25, 0.3) is 0 Å². The fraction of sp³-hybridized carbons (Fsp3) is 0.250. The summed E-state index contributed by atoms with van der Waals surface area (Å²) < 4.78 is 20.5. The molecular weight excluding hydrogens is 283 g/mol. The third-order valence-electron chi connectivity index (χ3n) is 3.56. The molecule has 0 saturated heterocycles. The molecule has 0 fully saturated rings. The van der Waals surface area contributed by atoms with Crippen molar-refractivity contribution in [1.29, 1.82) is 0 Å². The molecule has 0 spiro atoms. The first-order valence-electron chi connectivity index (χ1n) is 7.04. The monoisotopic (exact) mass is 300 g/mol. The average molecular weight is 300 g/mol. The number of ether oxygens (including phenoxy) is 1. The van der Waals surface area contributed by atoms with Crippen LogP contribution in [-0.4, -0.2) is 21.7 Å². The number of benzene rings is 1. The summed E-state index contributed by atoms with van der Waals surface area (Å²) in [5.74, 6) is 0.715. The highest BCUT2D eigenvalue weighted by Gasteiger charge is 2.13. The Morgan fingerprint density at radius 1 is 1.27 bits per heavy atom. The van der Waals surface area contributed by atoms with E-state index in [0.717, 1.165) is 17.0 Å². The Balaban J connectivity index is 1.72. The number of nitrogens with zero attached hydrogens (tertiary/aromatic N) is 3. The Bertz CT molecular complexity index is 787. The van der Waals surface area contributed by atoms with Gasteiger partial charge in [-0.05, 0) is 36.8 Å². The number of rotatable bonds is 5. The predicted molar refractivity (Wildman–Crippen MR) is 81.2 cm³/mol. The Morgan fingerprint density at radius 3 is 2.91 bits per heavy atom. The van der Waals surface area contributed by atoms with Crippen LogP contribution in [-0.2, 0) is 6.54 Å². The lowest BCUT2D eigenvalue weighted by atomic mass is 10.2. The maximum absolute atomic E-state index is 13.7. The first kappa shape index (κ1) is 14.5. The molecule has 2 heterocycles. The number of fused-ring (bicyclic) bond motifs is 1. The van der Waals surface area contributed by atoms with Gasteiger partial charge in [0, 0.05) is 12.7 Å². The lowest BCUT2D eigenvalue weighted by Gasteiger charge is -2.13. The molecule has 0 radical (unpaired) electrons. The highest BCUT2D eigenvalue weighted by Crippen LogP contribution is 2.18. The number of hydrogen-bond donors (Lipinski definition) is 1. The number of halogens is 1. The van der Waals surface area contributed by atoms with E-state index in [-0.39, 0.29) is 17.6 Å². The van der Waals surface area contributed by atoms with Gasteiger partial charge in [-0.15, -0.1) is 10.2 Å². The van der Waals surface area contributed by atoms with E-state index in [0.29, 0.717) is 6.54 Å². The van der Waals surface area contributed by atoms with Crippen LogP contribution in [0.4, 0.5) is 4.39 Å². The molecule has 0 saturated carbocycles. The van der Waals surface area contributed by atoms with Gasteiger partial charge in [-0.3, -0.25) is 4.40 Å². The molecule has 0 aliphatic carbocycles. The normalized spacial score (nSPS) is 12.5. The third-order valence-corrected chi connectivity index (χ3v) is 3.56. The fourth-order valence-corrected chi connectivity index (χ4v) is 2.34. The zero-order chi connectivity index (χ0) is 15.5. The minimum absolute atomic E-state index is 0.0115. The van der Waals surface area contributed by atoms with Crippen molar-refractivity contribution in [3.05, 3.63) is 59.8 Å². The minimum Gasteiger partial charge on any atom is -0.494 e. The highest BCUT2D eigenvalue weighted by atomic mass is 19.1. The smallest absolute Gasteiger partial charge is 0.165 e. The molecule has 3 aromatic rings. The molecule has 5 nitrogen and oxygen atoms in total. The molecule has 1 unspecified atom stereocenters. The van der Waals surface area contributed by atoms with E-state index in [1.165, 1.54) is 13.2 Å². The van der Waals surface area contributed by atoms with Crippen LogP contribution < -0.4 is 10.1 Å². The van der Waals surface area contributed by atoms with Crippen molar-refractivity contribution in [2.24, 2.45) is 0 Å². The van der Waals surface area contributed by atoms with Crippen LogP contribution >= 0.6 is 0 Å². The number of nitrogens with one attached hydrogen (secondary N) is 1. The largest absolute Gasteiger partial charge is 0.494 e. The van der Waals surface area contributed by atoms with E-state index in [9.17, 15) is 4.39 Å².